The molecule has 2 amide bonds. The van der Waals surface area contributed by atoms with Crippen LogP contribution in [0.1, 0.15) is 20.7 Å². The molecule has 1 aromatic heterocycles. The summed E-state index contributed by atoms with van der Waals surface area (Å²) in [5.41, 5.74) is 3.41. The molecule has 0 aliphatic heterocycles. The number of nitrogens with one attached hydrogen (secondary N) is 1. The van der Waals surface area contributed by atoms with E-state index in [-0.39, 0.29) is 11.8 Å². The number of carbonyl (C=O) groups excluding carboxylic acids is 2. The van der Waals surface area contributed by atoms with Crippen molar-refractivity contribution in [2.75, 3.05) is 26.5 Å². The van der Waals surface area contributed by atoms with Crippen molar-refractivity contribution in [1.29, 1.82) is 0 Å². The monoisotopic (exact) mass is 375 g/mol. The van der Waals surface area contributed by atoms with Gasteiger partial charge in [-0.3, -0.25) is 9.59 Å². The number of pyridine rings is 1. The molecule has 0 saturated carbocycles. The number of amides is 2. The normalized spacial score (nSPS) is 10.2. The molecule has 1 heterocycles. The lowest BCUT2D eigenvalue weighted by Gasteiger charge is -2.12. The molecule has 0 aliphatic carbocycles. The summed E-state index contributed by atoms with van der Waals surface area (Å²) in [5.74, 6) is 0.171. The Labute approximate surface area is 163 Å². The van der Waals surface area contributed by atoms with Crippen molar-refractivity contribution in [1.82, 2.24) is 9.88 Å². The highest BCUT2D eigenvalue weighted by molar-refractivity contribution is 6.05. The number of anilines is 1. The number of nitrogens with zero attached hydrogens (tertiary/aromatic N) is 2. The van der Waals surface area contributed by atoms with E-state index in [0.717, 1.165) is 11.1 Å². The Kier molecular flexibility index (Phi) is 5.69. The van der Waals surface area contributed by atoms with Gasteiger partial charge < -0.3 is 15.0 Å². The third-order valence-corrected chi connectivity index (χ3v) is 4.18. The van der Waals surface area contributed by atoms with Crippen LogP contribution in [0.25, 0.3) is 11.1 Å². The van der Waals surface area contributed by atoms with Gasteiger partial charge in [0.15, 0.2) is 0 Å². The number of hydrogen-bond donors (Lipinski definition) is 1. The maximum Gasteiger partial charge on any atom is 0.255 e. The molecule has 0 aliphatic rings. The fourth-order valence-corrected chi connectivity index (χ4v) is 2.71. The van der Waals surface area contributed by atoms with E-state index in [2.05, 4.69) is 10.3 Å². The molecular formula is C22H21N3O3. The van der Waals surface area contributed by atoms with Crippen LogP contribution >= 0.6 is 0 Å². The molecule has 0 unspecified atom stereocenters. The first-order chi connectivity index (χ1) is 13.5. The maximum atomic E-state index is 12.6. The minimum absolute atomic E-state index is 0.0669. The highest BCUT2D eigenvalue weighted by atomic mass is 16.5. The van der Waals surface area contributed by atoms with Gasteiger partial charge in [0.2, 0.25) is 5.88 Å². The topological polar surface area (TPSA) is 71.5 Å². The van der Waals surface area contributed by atoms with E-state index in [1.807, 2.05) is 30.3 Å². The Morgan fingerprint density at radius 1 is 0.929 bits per heavy atom. The quantitative estimate of drug-likeness (QED) is 0.738. The fraction of sp³-hybridized carbons (Fsp3) is 0.136. The number of rotatable bonds is 5. The zero-order chi connectivity index (χ0) is 20.1. The number of hydrogen-bond acceptors (Lipinski definition) is 4. The number of methoxy groups -OCH3 is 1. The fourth-order valence-electron chi connectivity index (χ4n) is 2.71. The summed E-state index contributed by atoms with van der Waals surface area (Å²) in [6, 6.07) is 18.0. The first kappa shape index (κ1) is 19.1. The van der Waals surface area contributed by atoms with Crippen LogP contribution < -0.4 is 10.1 Å². The third kappa shape index (κ3) is 4.35. The van der Waals surface area contributed by atoms with Gasteiger partial charge in [-0.2, -0.15) is 0 Å². The molecule has 3 aromatic rings. The molecule has 6 nitrogen and oxygen atoms in total. The second-order valence-corrected chi connectivity index (χ2v) is 6.40. The predicted octanol–water partition coefficient (Wildman–Crippen LogP) is 3.71. The van der Waals surface area contributed by atoms with Crippen LogP contribution in [0.5, 0.6) is 5.88 Å². The van der Waals surface area contributed by atoms with E-state index in [9.17, 15) is 9.59 Å². The summed E-state index contributed by atoms with van der Waals surface area (Å²) < 4.78 is 5.01. The van der Waals surface area contributed by atoms with Gasteiger partial charge >= 0.3 is 0 Å². The number of benzene rings is 2. The maximum absolute atomic E-state index is 12.6. The summed E-state index contributed by atoms with van der Waals surface area (Å²) in [5, 5.41) is 2.81. The van der Waals surface area contributed by atoms with E-state index in [0.29, 0.717) is 22.7 Å². The molecule has 6 heteroatoms. The van der Waals surface area contributed by atoms with Crippen LogP contribution in [-0.2, 0) is 0 Å². The van der Waals surface area contributed by atoms with Crippen molar-refractivity contribution in [2.45, 2.75) is 0 Å². The van der Waals surface area contributed by atoms with Crippen LogP contribution in [-0.4, -0.2) is 42.9 Å². The summed E-state index contributed by atoms with van der Waals surface area (Å²) in [4.78, 5) is 30.4. The summed E-state index contributed by atoms with van der Waals surface area (Å²) in [6.45, 7) is 0. The van der Waals surface area contributed by atoms with Gasteiger partial charge in [0.05, 0.1) is 19.0 Å². The van der Waals surface area contributed by atoms with Crippen molar-refractivity contribution < 1.29 is 14.3 Å². The molecule has 28 heavy (non-hydrogen) atoms. The minimum Gasteiger partial charge on any atom is -0.481 e. The smallest absolute Gasteiger partial charge is 0.255 e. The average molecular weight is 375 g/mol. The highest BCUT2D eigenvalue weighted by Crippen LogP contribution is 2.23. The lowest BCUT2D eigenvalue weighted by atomic mass is 10.0. The minimum atomic E-state index is -0.241. The first-order valence-corrected chi connectivity index (χ1v) is 8.71. The van der Waals surface area contributed by atoms with E-state index in [1.165, 1.54) is 18.2 Å². The van der Waals surface area contributed by atoms with Gasteiger partial charge in [0, 0.05) is 31.3 Å². The number of aromatic nitrogens is 1. The summed E-state index contributed by atoms with van der Waals surface area (Å²) in [7, 11) is 4.97. The van der Waals surface area contributed by atoms with Crippen LogP contribution in [0.2, 0.25) is 0 Å². The first-order valence-electron chi connectivity index (χ1n) is 8.71. The molecule has 0 atom stereocenters. The SMILES string of the molecule is COc1ccc(NC(=O)c2cccc(-c3cccc(C(=O)N(C)C)c3)c2)cn1. The second-order valence-electron chi connectivity index (χ2n) is 6.40. The lowest BCUT2D eigenvalue weighted by molar-refractivity contribution is 0.0827. The van der Waals surface area contributed by atoms with E-state index in [1.54, 1.807) is 44.4 Å². The Morgan fingerprint density at radius 3 is 2.14 bits per heavy atom. The lowest BCUT2D eigenvalue weighted by Crippen LogP contribution is -2.21. The van der Waals surface area contributed by atoms with Gasteiger partial charge in [-0.25, -0.2) is 4.98 Å². The van der Waals surface area contributed by atoms with Gasteiger partial charge in [-0.15, -0.1) is 0 Å². The van der Waals surface area contributed by atoms with E-state index >= 15 is 0 Å². The van der Waals surface area contributed by atoms with Gasteiger partial charge in [0.25, 0.3) is 11.8 Å². The summed E-state index contributed by atoms with van der Waals surface area (Å²) >= 11 is 0. The number of carbonyl (C=O) groups is 2. The number of ether oxygens (including phenoxy) is 1. The van der Waals surface area contributed by atoms with Crippen LogP contribution in [0, 0.1) is 0 Å². The Balaban J connectivity index is 1.82. The standard InChI is InChI=1S/C22H21N3O3/c1-25(2)22(27)18-9-5-7-16(13-18)15-6-4-8-17(12-15)21(26)24-19-10-11-20(28-3)23-14-19/h4-14H,1-3H3,(H,24,26). The zero-order valence-electron chi connectivity index (χ0n) is 16.0. The average Bonchev–Trinajstić information content (AvgIpc) is 2.73. The summed E-state index contributed by atoms with van der Waals surface area (Å²) in [6.07, 6.45) is 1.54. The predicted molar refractivity (Wildman–Crippen MR) is 109 cm³/mol. The zero-order valence-corrected chi connectivity index (χ0v) is 16.0. The van der Waals surface area contributed by atoms with Crippen molar-refractivity contribution in [3.63, 3.8) is 0 Å². The molecule has 3 rings (SSSR count). The highest BCUT2D eigenvalue weighted by Gasteiger charge is 2.11. The molecule has 0 saturated heterocycles. The second kappa shape index (κ2) is 8.35. The molecule has 142 valence electrons. The van der Waals surface area contributed by atoms with Gasteiger partial charge in [-0.1, -0.05) is 24.3 Å². The Hall–Kier alpha value is -3.67. The van der Waals surface area contributed by atoms with Crippen molar-refractivity contribution in [2.24, 2.45) is 0 Å². The van der Waals surface area contributed by atoms with Crippen molar-refractivity contribution in [3.8, 4) is 17.0 Å². The van der Waals surface area contributed by atoms with Crippen LogP contribution in [0.4, 0.5) is 5.69 Å². The molecule has 0 spiro atoms. The molecule has 2 aromatic carbocycles. The molecule has 0 radical (unpaired) electrons. The molecule has 0 bridgehead atoms. The van der Waals surface area contributed by atoms with Gasteiger partial charge in [0.1, 0.15) is 0 Å². The Bertz CT molecular complexity index is 998. The molecule has 1 N–H and O–H groups in total. The van der Waals surface area contributed by atoms with E-state index in [4.69, 9.17) is 4.74 Å². The third-order valence-electron chi connectivity index (χ3n) is 4.18. The van der Waals surface area contributed by atoms with E-state index < -0.39 is 0 Å². The van der Waals surface area contributed by atoms with Crippen LogP contribution in [0.15, 0.2) is 66.9 Å². The van der Waals surface area contributed by atoms with Gasteiger partial charge in [-0.05, 0) is 41.5 Å². The van der Waals surface area contributed by atoms with Crippen molar-refractivity contribution in [3.05, 3.63) is 78.0 Å². The Morgan fingerprint density at radius 2 is 1.57 bits per heavy atom. The van der Waals surface area contributed by atoms with Crippen LogP contribution in [0.3, 0.4) is 0 Å². The van der Waals surface area contributed by atoms with Crippen molar-refractivity contribution >= 4 is 17.5 Å². The molecular weight excluding hydrogens is 354 g/mol. The molecule has 0 fully saturated rings. The largest absolute Gasteiger partial charge is 0.481 e.